The molecule has 164 valence electrons. The average molecular weight is 463 g/mol. The Morgan fingerprint density at radius 3 is 2.29 bits per heavy atom. The van der Waals surface area contributed by atoms with E-state index in [4.69, 9.17) is 27.9 Å². The van der Waals surface area contributed by atoms with Crippen LogP contribution in [-0.2, 0) is 4.79 Å². The molecule has 1 aliphatic rings. The number of ketones is 1. The zero-order chi connectivity index (χ0) is 22.5. The molecule has 0 radical (unpaired) electrons. The molecule has 3 rings (SSSR count). The Bertz CT molecular complexity index is 984. The predicted molar refractivity (Wildman–Crippen MR) is 123 cm³/mol. The summed E-state index contributed by atoms with van der Waals surface area (Å²) in [5, 5.41) is 9.60. The van der Waals surface area contributed by atoms with Gasteiger partial charge in [0, 0.05) is 37.4 Å². The molecule has 0 atom stereocenters. The van der Waals surface area contributed by atoms with Crippen LogP contribution < -0.4 is 9.64 Å². The number of rotatable bonds is 7. The fourth-order valence-corrected chi connectivity index (χ4v) is 3.74. The van der Waals surface area contributed by atoms with Gasteiger partial charge >= 0.3 is 0 Å². The highest BCUT2D eigenvalue weighted by Crippen LogP contribution is 2.35. The van der Waals surface area contributed by atoms with Crippen molar-refractivity contribution >= 4 is 40.6 Å². The molecule has 0 spiro atoms. The van der Waals surface area contributed by atoms with Gasteiger partial charge < -0.3 is 19.6 Å². The molecular weight excluding hydrogens is 439 g/mol. The second-order valence-corrected chi connectivity index (χ2v) is 7.95. The van der Waals surface area contributed by atoms with E-state index in [9.17, 15) is 14.7 Å². The molecule has 0 bridgehead atoms. The van der Waals surface area contributed by atoms with Gasteiger partial charge in [-0.05, 0) is 48.4 Å². The normalized spacial score (nSPS) is 13.8. The zero-order valence-corrected chi connectivity index (χ0v) is 18.7. The number of piperazine rings is 1. The molecule has 1 fully saturated rings. The van der Waals surface area contributed by atoms with Crippen molar-refractivity contribution in [3.63, 3.8) is 0 Å². The Kier molecular flexibility index (Phi) is 7.46. The Hall–Kier alpha value is -2.70. The van der Waals surface area contributed by atoms with E-state index in [1.165, 1.54) is 6.07 Å². The quantitative estimate of drug-likeness (QED) is 0.481. The smallest absolute Gasteiger partial charge is 0.260 e. The first-order valence-electron chi connectivity index (χ1n) is 9.96. The van der Waals surface area contributed by atoms with Gasteiger partial charge in [-0.1, -0.05) is 36.7 Å². The van der Waals surface area contributed by atoms with Gasteiger partial charge in [0.05, 0.1) is 5.02 Å². The van der Waals surface area contributed by atoms with Crippen LogP contribution in [0.25, 0.3) is 0 Å². The van der Waals surface area contributed by atoms with Crippen molar-refractivity contribution in [2.45, 2.75) is 13.3 Å². The van der Waals surface area contributed by atoms with E-state index in [0.29, 0.717) is 38.2 Å². The Morgan fingerprint density at radius 1 is 1.03 bits per heavy atom. The van der Waals surface area contributed by atoms with Crippen LogP contribution in [0, 0.1) is 0 Å². The third-order valence-corrected chi connectivity index (χ3v) is 6.10. The molecule has 0 aliphatic carbocycles. The van der Waals surface area contributed by atoms with Crippen LogP contribution in [0.4, 0.5) is 5.69 Å². The van der Waals surface area contributed by atoms with E-state index in [-0.39, 0.29) is 45.4 Å². The van der Waals surface area contributed by atoms with E-state index in [0.717, 1.165) is 5.69 Å². The average Bonchev–Trinajstić information content (AvgIpc) is 2.79. The number of aromatic hydroxyl groups is 1. The maximum atomic E-state index is 12.6. The first kappa shape index (κ1) is 23.0. The van der Waals surface area contributed by atoms with Crippen LogP contribution in [0.2, 0.25) is 10.0 Å². The lowest BCUT2D eigenvalue weighted by Gasteiger charge is -2.36. The van der Waals surface area contributed by atoms with Crippen LogP contribution in [0.15, 0.2) is 48.6 Å². The van der Waals surface area contributed by atoms with E-state index in [1.54, 1.807) is 23.1 Å². The summed E-state index contributed by atoms with van der Waals surface area (Å²) in [6, 6.07) is 10.1. The first-order valence-corrected chi connectivity index (χ1v) is 10.7. The summed E-state index contributed by atoms with van der Waals surface area (Å²) in [5.74, 6) is 0.0585. The molecule has 6 nitrogen and oxygen atoms in total. The number of hydrogen-bond donors (Lipinski definition) is 1. The van der Waals surface area contributed by atoms with Crippen molar-refractivity contribution in [3.05, 3.63) is 64.2 Å². The molecular formula is C23H24Cl2N2O4. The standard InChI is InChI=1S/C23H24Cl2N2O4/c1-3-15(2)23(30)18-8-9-19(22(25)21(18)24)31-14-20(29)27-12-10-26(11-13-27)16-4-6-17(28)7-5-16/h4-9,28H,2-3,10-14H2,1H3. The first-order chi connectivity index (χ1) is 14.8. The van der Waals surface area contributed by atoms with Crippen molar-refractivity contribution in [1.82, 2.24) is 4.90 Å². The maximum absolute atomic E-state index is 12.6. The van der Waals surface area contributed by atoms with Crippen LogP contribution in [-0.4, -0.2) is 54.5 Å². The maximum Gasteiger partial charge on any atom is 0.260 e. The van der Waals surface area contributed by atoms with Crippen LogP contribution in [0.1, 0.15) is 23.7 Å². The molecule has 0 saturated carbocycles. The third-order valence-electron chi connectivity index (χ3n) is 5.24. The molecule has 1 amide bonds. The lowest BCUT2D eigenvalue weighted by molar-refractivity contribution is -0.133. The van der Waals surface area contributed by atoms with E-state index in [2.05, 4.69) is 11.5 Å². The molecule has 0 unspecified atom stereocenters. The second kappa shape index (κ2) is 10.1. The minimum Gasteiger partial charge on any atom is -0.508 e. The van der Waals surface area contributed by atoms with Crippen molar-refractivity contribution in [2.24, 2.45) is 0 Å². The number of carbonyl (C=O) groups excluding carboxylic acids is 2. The molecule has 1 saturated heterocycles. The number of amides is 1. The Labute approximate surface area is 191 Å². The van der Waals surface area contributed by atoms with E-state index in [1.807, 2.05) is 19.1 Å². The fraction of sp³-hybridized carbons (Fsp3) is 0.304. The van der Waals surface area contributed by atoms with Crippen LogP contribution in [0.5, 0.6) is 11.5 Å². The number of nitrogens with zero attached hydrogens (tertiary/aromatic N) is 2. The third kappa shape index (κ3) is 5.32. The number of Topliss-reactive ketones (excluding diaryl/α,β-unsaturated/α-hetero) is 1. The molecule has 2 aromatic rings. The van der Waals surface area contributed by atoms with Gasteiger partial charge in [0.2, 0.25) is 0 Å². The van der Waals surface area contributed by atoms with Crippen molar-refractivity contribution in [1.29, 1.82) is 0 Å². The highest BCUT2D eigenvalue weighted by Gasteiger charge is 2.23. The summed E-state index contributed by atoms with van der Waals surface area (Å²) in [6.07, 6.45) is 0.513. The monoisotopic (exact) mass is 462 g/mol. The summed E-state index contributed by atoms with van der Waals surface area (Å²) in [5.41, 5.74) is 1.71. The van der Waals surface area contributed by atoms with Crippen molar-refractivity contribution < 1.29 is 19.4 Å². The van der Waals surface area contributed by atoms with Gasteiger partial charge in [-0.3, -0.25) is 9.59 Å². The van der Waals surface area contributed by atoms with Gasteiger partial charge in [-0.25, -0.2) is 0 Å². The van der Waals surface area contributed by atoms with Crippen LogP contribution in [0.3, 0.4) is 0 Å². The van der Waals surface area contributed by atoms with Crippen molar-refractivity contribution in [2.75, 3.05) is 37.7 Å². The van der Waals surface area contributed by atoms with Crippen molar-refractivity contribution in [3.8, 4) is 11.5 Å². The minimum atomic E-state index is -0.261. The number of allylic oxidation sites excluding steroid dienone is 1. The number of halogens is 2. The number of phenols is 1. The number of benzene rings is 2. The molecule has 1 N–H and O–H groups in total. The molecule has 1 aliphatic heterocycles. The van der Waals surface area contributed by atoms with Gasteiger partial charge in [0.15, 0.2) is 12.4 Å². The van der Waals surface area contributed by atoms with Gasteiger partial charge in [-0.2, -0.15) is 0 Å². The summed E-state index contributed by atoms with van der Waals surface area (Å²) in [7, 11) is 0. The number of phenolic OH excluding ortho intramolecular Hbond substituents is 1. The molecule has 31 heavy (non-hydrogen) atoms. The van der Waals surface area contributed by atoms with Gasteiger partial charge in [0.25, 0.3) is 5.91 Å². The second-order valence-electron chi connectivity index (χ2n) is 7.20. The summed E-state index contributed by atoms with van der Waals surface area (Å²) < 4.78 is 5.60. The minimum absolute atomic E-state index is 0.0914. The predicted octanol–water partition coefficient (Wildman–Crippen LogP) is 4.58. The van der Waals surface area contributed by atoms with Gasteiger partial charge in [-0.15, -0.1) is 0 Å². The number of carbonyl (C=O) groups is 2. The largest absolute Gasteiger partial charge is 0.508 e. The summed E-state index contributed by atoms with van der Waals surface area (Å²) in [6.45, 7) is 7.88. The highest BCUT2D eigenvalue weighted by atomic mass is 35.5. The van der Waals surface area contributed by atoms with Gasteiger partial charge in [0.1, 0.15) is 16.5 Å². The zero-order valence-electron chi connectivity index (χ0n) is 17.2. The SMILES string of the molecule is C=C(CC)C(=O)c1ccc(OCC(=O)N2CCN(c3ccc(O)cc3)CC2)c(Cl)c1Cl. The van der Waals surface area contributed by atoms with E-state index >= 15 is 0 Å². The Balaban J connectivity index is 1.56. The number of ether oxygens (including phenoxy) is 1. The lowest BCUT2D eigenvalue weighted by atomic mass is 10.0. The molecule has 1 heterocycles. The van der Waals surface area contributed by atoms with E-state index < -0.39 is 0 Å². The fourth-order valence-electron chi connectivity index (χ4n) is 3.28. The molecule has 8 heteroatoms. The van der Waals surface area contributed by atoms with Crippen LogP contribution >= 0.6 is 23.2 Å². The summed E-state index contributed by atoms with van der Waals surface area (Å²) in [4.78, 5) is 28.8. The number of hydrogen-bond acceptors (Lipinski definition) is 5. The number of anilines is 1. The molecule has 2 aromatic carbocycles. The summed E-state index contributed by atoms with van der Waals surface area (Å²) >= 11 is 12.5. The topological polar surface area (TPSA) is 70.1 Å². The molecule has 0 aromatic heterocycles. The highest BCUT2D eigenvalue weighted by molar-refractivity contribution is 6.45. The lowest BCUT2D eigenvalue weighted by Crippen LogP contribution is -2.50. The Morgan fingerprint density at radius 2 is 1.68 bits per heavy atom.